The Hall–Kier alpha value is -3.16. The van der Waals surface area contributed by atoms with Crippen molar-refractivity contribution in [3.63, 3.8) is 0 Å². The summed E-state index contributed by atoms with van der Waals surface area (Å²) >= 11 is 9.30. The van der Waals surface area contributed by atoms with E-state index in [1.165, 1.54) is 0 Å². The number of furan rings is 1. The van der Waals surface area contributed by atoms with Crippen LogP contribution in [0.2, 0.25) is 0 Å². The van der Waals surface area contributed by atoms with E-state index in [1.54, 1.807) is 6.20 Å². The van der Waals surface area contributed by atoms with E-state index in [1.807, 2.05) is 68.7 Å². The predicted octanol–water partition coefficient (Wildman–Crippen LogP) is 6.35. The SMILES string of the molecule is CN(C)c1ccc(N2C(=S)N[C@@H](c3ccccn3)[C@H]2c2ccc(-c3ccc(Br)cc3)o2)cc1. The molecule has 2 aromatic heterocycles. The maximum atomic E-state index is 6.41. The Morgan fingerprint density at radius 2 is 1.73 bits per heavy atom. The molecule has 0 saturated carbocycles. The van der Waals surface area contributed by atoms with Crippen molar-refractivity contribution in [2.75, 3.05) is 23.9 Å². The molecule has 5 nitrogen and oxygen atoms in total. The fraction of sp³-hybridized carbons (Fsp3) is 0.154. The van der Waals surface area contributed by atoms with E-state index in [0.29, 0.717) is 5.11 Å². The van der Waals surface area contributed by atoms with Crippen LogP contribution in [0, 0.1) is 0 Å². The van der Waals surface area contributed by atoms with E-state index in [4.69, 9.17) is 16.6 Å². The molecule has 4 aromatic rings. The lowest BCUT2D eigenvalue weighted by atomic mass is 10.0. The van der Waals surface area contributed by atoms with Gasteiger partial charge in [-0.1, -0.05) is 34.1 Å². The van der Waals surface area contributed by atoms with Crippen molar-refractivity contribution in [3.8, 4) is 11.3 Å². The number of pyridine rings is 1. The summed E-state index contributed by atoms with van der Waals surface area (Å²) in [5.74, 6) is 1.64. The van der Waals surface area contributed by atoms with Crippen LogP contribution < -0.4 is 15.1 Å². The zero-order chi connectivity index (χ0) is 22.9. The normalized spacial score (nSPS) is 17.8. The highest BCUT2D eigenvalue weighted by atomic mass is 79.9. The monoisotopic (exact) mass is 518 g/mol. The van der Waals surface area contributed by atoms with Gasteiger partial charge in [-0.3, -0.25) is 4.98 Å². The molecule has 0 aliphatic carbocycles. The highest BCUT2D eigenvalue weighted by molar-refractivity contribution is 9.10. The number of nitrogens with one attached hydrogen (secondary N) is 1. The lowest BCUT2D eigenvalue weighted by Gasteiger charge is -2.26. The van der Waals surface area contributed by atoms with Crippen LogP contribution in [0.5, 0.6) is 0 Å². The largest absolute Gasteiger partial charge is 0.459 e. The summed E-state index contributed by atoms with van der Waals surface area (Å²) in [5, 5.41) is 4.13. The summed E-state index contributed by atoms with van der Waals surface area (Å²) in [6.45, 7) is 0. The molecule has 0 spiro atoms. The Morgan fingerprint density at radius 1 is 0.970 bits per heavy atom. The van der Waals surface area contributed by atoms with Crippen molar-refractivity contribution >= 4 is 44.6 Å². The van der Waals surface area contributed by atoms with Crippen molar-refractivity contribution in [3.05, 3.63) is 101 Å². The van der Waals surface area contributed by atoms with Gasteiger partial charge in [-0.15, -0.1) is 0 Å². The molecule has 166 valence electrons. The van der Waals surface area contributed by atoms with Crippen LogP contribution >= 0.6 is 28.1 Å². The molecule has 0 amide bonds. The Bertz CT molecular complexity index is 1260. The zero-order valence-electron chi connectivity index (χ0n) is 18.3. The molecule has 3 heterocycles. The third-order valence-corrected chi connectivity index (χ3v) is 6.63. The van der Waals surface area contributed by atoms with E-state index < -0.39 is 0 Å². The number of thiocarbonyl (C=S) groups is 1. The number of anilines is 2. The van der Waals surface area contributed by atoms with Crippen LogP contribution in [0.4, 0.5) is 11.4 Å². The second-order valence-electron chi connectivity index (χ2n) is 8.12. The zero-order valence-corrected chi connectivity index (χ0v) is 20.7. The molecule has 1 aliphatic rings. The summed E-state index contributed by atoms with van der Waals surface area (Å²) in [6.07, 6.45) is 1.81. The first-order chi connectivity index (χ1) is 16.0. The molecule has 1 aliphatic heterocycles. The van der Waals surface area contributed by atoms with Gasteiger partial charge in [-0.2, -0.15) is 0 Å². The topological polar surface area (TPSA) is 44.5 Å². The number of aromatic nitrogens is 1. The average Bonchev–Trinajstić information content (AvgIpc) is 3.45. The van der Waals surface area contributed by atoms with Crippen molar-refractivity contribution in [2.45, 2.75) is 12.1 Å². The standard InChI is InChI=1S/C26H23BrN4OS/c1-30(2)19-10-12-20(13-11-19)31-25(24(29-26(31)33)21-5-3-4-16-28-21)23-15-14-22(32-23)17-6-8-18(27)9-7-17/h3-16,24-25H,1-2H3,(H,29,33)/t24-,25+/m0/s1. The van der Waals surface area contributed by atoms with Gasteiger partial charge >= 0.3 is 0 Å². The summed E-state index contributed by atoms with van der Waals surface area (Å²) in [6, 6.07) is 26.1. The Kier molecular flexibility index (Phi) is 5.91. The number of benzene rings is 2. The fourth-order valence-electron chi connectivity index (χ4n) is 4.11. The van der Waals surface area contributed by atoms with Crippen LogP contribution in [0.25, 0.3) is 11.3 Å². The smallest absolute Gasteiger partial charge is 0.174 e. The van der Waals surface area contributed by atoms with Crippen molar-refractivity contribution in [2.24, 2.45) is 0 Å². The summed E-state index contributed by atoms with van der Waals surface area (Å²) in [5.41, 5.74) is 4.07. The van der Waals surface area contributed by atoms with Crippen molar-refractivity contribution < 1.29 is 4.42 Å². The maximum Gasteiger partial charge on any atom is 0.174 e. The number of hydrogen-bond acceptors (Lipinski definition) is 4. The second kappa shape index (κ2) is 9.00. The van der Waals surface area contributed by atoms with Crippen molar-refractivity contribution in [1.29, 1.82) is 0 Å². The van der Waals surface area contributed by atoms with Gasteiger partial charge in [-0.25, -0.2) is 0 Å². The van der Waals surface area contributed by atoms with E-state index in [0.717, 1.165) is 38.6 Å². The quantitative estimate of drug-likeness (QED) is 0.310. The van der Waals surface area contributed by atoms with Crippen molar-refractivity contribution in [1.82, 2.24) is 10.3 Å². The van der Waals surface area contributed by atoms with Crippen LogP contribution in [0.15, 0.2) is 93.9 Å². The minimum atomic E-state index is -0.179. The number of hydrogen-bond donors (Lipinski definition) is 1. The van der Waals surface area contributed by atoms with E-state index >= 15 is 0 Å². The highest BCUT2D eigenvalue weighted by Gasteiger charge is 2.42. The molecule has 0 radical (unpaired) electrons. The molecule has 0 unspecified atom stereocenters. The average molecular weight is 519 g/mol. The van der Waals surface area contributed by atoms with Gasteiger partial charge in [0.25, 0.3) is 0 Å². The minimum absolute atomic E-state index is 0.142. The predicted molar refractivity (Wildman–Crippen MR) is 141 cm³/mol. The van der Waals surface area contributed by atoms with E-state index in [-0.39, 0.29) is 12.1 Å². The Labute approximate surface area is 207 Å². The Balaban J connectivity index is 1.57. The maximum absolute atomic E-state index is 6.41. The number of rotatable bonds is 5. The van der Waals surface area contributed by atoms with Gasteiger partial charge in [0, 0.05) is 41.7 Å². The molecule has 7 heteroatoms. The molecule has 0 bridgehead atoms. The van der Waals surface area contributed by atoms with Gasteiger partial charge in [0.2, 0.25) is 0 Å². The molecule has 33 heavy (non-hydrogen) atoms. The van der Waals surface area contributed by atoms with Gasteiger partial charge in [0.15, 0.2) is 5.11 Å². The van der Waals surface area contributed by atoms with E-state index in [2.05, 4.69) is 60.3 Å². The lowest BCUT2D eigenvalue weighted by molar-refractivity contribution is 0.439. The van der Waals surface area contributed by atoms with Gasteiger partial charge in [0.1, 0.15) is 17.6 Å². The van der Waals surface area contributed by atoms with Crippen LogP contribution in [0.3, 0.4) is 0 Å². The first kappa shape index (κ1) is 21.7. The molecule has 1 saturated heterocycles. The Morgan fingerprint density at radius 3 is 2.39 bits per heavy atom. The molecular formula is C26H23BrN4OS. The first-order valence-electron chi connectivity index (χ1n) is 10.6. The summed E-state index contributed by atoms with van der Waals surface area (Å²) in [7, 11) is 4.06. The molecule has 1 N–H and O–H groups in total. The van der Waals surface area contributed by atoms with E-state index in [9.17, 15) is 0 Å². The lowest BCUT2D eigenvalue weighted by Crippen LogP contribution is -2.29. The highest BCUT2D eigenvalue weighted by Crippen LogP contribution is 2.43. The third kappa shape index (κ3) is 4.26. The number of halogens is 1. The molecule has 2 atom stereocenters. The van der Waals surface area contributed by atoms with Crippen LogP contribution in [0.1, 0.15) is 23.5 Å². The van der Waals surface area contributed by atoms with Gasteiger partial charge in [0.05, 0.1) is 11.7 Å². The third-order valence-electron chi connectivity index (χ3n) is 5.79. The van der Waals surface area contributed by atoms with Crippen LogP contribution in [-0.2, 0) is 0 Å². The first-order valence-corrected chi connectivity index (χ1v) is 11.8. The summed E-state index contributed by atoms with van der Waals surface area (Å²) < 4.78 is 7.45. The molecule has 5 rings (SSSR count). The van der Waals surface area contributed by atoms with Crippen LogP contribution in [-0.4, -0.2) is 24.2 Å². The fourth-order valence-corrected chi connectivity index (χ4v) is 4.72. The van der Waals surface area contributed by atoms with Gasteiger partial charge in [-0.05, 0) is 72.9 Å². The minimum Gasteiger partial charge on any atom is -0.459 e. The second-order valence-corrected chi connectivity index (χ2v) is 9.42. The van der Waals surface area contributed by atoms with Gasteiger partial charge < -0.3 is 19.5 Å². The number of nitrogens with zero attached hydrogens (tertiary/aromatic N) is 3. The molecule has 1 fully saturated rings. The summed E-state index contributed by atoms with van der Waals surface area (Å²) in [4.78, 5) is 8.81. The molecule has 2 aromatic carbocycles. The molecular weight excluding hydrogens is 496 g/mol.